The largest absolute Gasteiger partial charge is 0.255 e. The van der Waals surface area contributed by atoms with E-state index in [1.54, 1.807) is 6.20 Å². The van der Waals surface area contributed by atoms with Crippen molar-refractivity contribution in [3.8, 4) is 33.9 Å². The van der Waals surface area contributed by atoms with Crippen molar-refractivity contribution in [2.45, 2.75) is 0 Å². The summed E-state index contributed by atoms with van der Waals surface area (Å²) in [5.74, 6) is 0. The topological polar surface area (TPSA) is 38.7 Å². The van der Waals surface area contributed by atoms with Crippen LogP contribution in [0.5, 0.6) is 0 Å². The fourth-order valence-corrected chi connectivity index (χ4v) is 3.45. The van der Waals surface area contributed by atoms with Crippen LogP contribution in [0, 0.1) is 0 Å². The summed E-state index contributed by atoms with van der Waals surface area (Å²) in [4.78, 5) is 14.3. The van der Waals surface area contributed by atoms with Crippen molar-refractivity contribution >= 4 is 10.8 Å². The molecule has 0 fully saturated rings. The Morgan fingerprint density at radius 3 is 2.18 bits per heavy atom. The van der Waals surface area contributed by atoms with Gasteiger partial charge in [-0.15, -0.1) is 0 Å². The number of hydrogen-bond donors (Lipinski definition) is 0. The van der Waals surface area contributed by atoms with E-state index < -0.39 is 0 Å². The molecule has 2 heterocycles. The lowest BCUT2D eigenvalue weighted by Crippen LogP contribution is -1.97. The summed E-state index contributed by atoms with van der Waals surface area (Å²) >= 11 is 0. The second-order valence-electron chi connectivity index (χ2n) is 6.56. The fraction of sp³-hybridized carbons (Fsp3) is 0. The van der Waals surface area contributed by atoms with Crippen LogP contribution < -0.4 is 0 Å². The molecule has 0 amide bonds. The molecule has 0 aliphatic carbocycles. The van der Waals surface area contributed by atoms with Gasteiger partial charge in [-0.1, -0.05) is 78.9 Å². The number of fused-ring (bicyclic) bond motifs is 1. The number of benzene rings is 3. The number of aromatic nitrogens is 3. The maximum atomic E-state index is 5.04. The SMILES string of the molecule is c1ccc(-c2cnc(-c3ccccn3)c(-c3cccc4ccccc34)n2)cc1. The van der Waals surface area contributed by atoms with Crippen molar-refractivity contribution < 1.29 is 0 Å². The summed E-state index contributed by atoms with van der Waals surface area (Å²) in [7, 11) is 0. The summed E-state index contributed by atoms with van der Waals surface area (Å²) in [5, 5.41) is 2.33. The Morgan fingerprint density at radius 2 is 1.32 bits per heavy atom. The highest BCUT2D eigenvalue weighted by Gasteiger charge is 2.16. The Hall–Kier alpha value is -3.85. The second kappa shape index (κ2) is 7.05. The lowest BCUT2D eigenvalue weighted by Gasteiger charge is -2.12. The van der Waals surface area contributed by atoms with Crippen LogP contribution in [0.1, 0.15) is 0 Å². The van der Waals surface area contributed by atoms with E-state index in [2.05, 4.69) is 59.6 Å². The first kappa shape index (κ1) is 16.3. The maximum Gasteiger partial charge on any atom is 0.115 e. The number of rotatable bonds is 3. The Balaban J connectivity index is 1.80. The molecule has 2 aromatic heterocycles. The molecule has 0 saturated carbocycles. The zero-order valence-electron chi connectivity index (χ0n) is 15.2. The highest BCUT2D eigenvalue weighted by atomic mass is 14.9. The molecule has 3 aromatic carbocycles. The van der Waals surface area contributed by atoms with E-state index in [-0.39, 0.29) is 0 Å². The fourth-order valence-electron chi connectivity index (χ4n) is 3.45. The van der Waals surface area contributed by atoms with Crippen molar-refractivity contribution in [2.24, 2.45) is 0 Å². The quantitative estimate of drug-likeness (QED) is 0.395. The molecule has 5 aromatic rings. The molecule has 0 bridgehead atoms. The number of hydrogen-bond acceptors (Lipinski definition) is 3. The standard InChI is InChI=1S/C25H17N3/c1-2-10-19(11-3-1)23-17-27-25(22-15-6-7-16-26-22)24(28-23)21-14-8-12-18-9-4-5-13-20(18)21/h1-17H. The average molecular weight is 359 g/mol. The van der Waals surface area contributed by atoms with Crippen LogP contribution in [0.3, 0.4) is 0 Å². The van der Waals surface area contributed by atoms with E-state index in [1.165, 1.54) is 5.39 Å². The molecule has 0 atom stereocenters. The van der Waals surface area contributed by atoms with Crippen LogP contribution >= 0.6 is 0 Å². The number of pyridine rings is 1. The van der Waals surface area contributed by atoms with Crippen molar-refractivity contribution in [1.82, 2.24) is 15.0 Å². The molecule has 0 aliphatic heterocycles. The van der Waals surface area contributed by atoms with Gasteiger partial charge in [0.05, 0.1) is 23.3 Å². The van der Waals surface area contributed by atoms with Crippen LogP contribution in [0.2, 0.25) is 0 Å². The van der Waals surface area contributed by atoms with Crippen molar-refractivity contribution in [2.75, 3.05) is 0 Å². The van der Waals surface area contributed by atoms with Crippen LogP contribution in [-0.4, -0.2) is 15.0 Å². The molecule has 3 nitrogen and oxygen atoms in total. The highest BCUT2D eigenvalue weighted by molar-refractivity contribution is 5.98. The third kappa shape index (κ3) is 2.93. The minimum atomic E-state index is 0.789. The summed E-state index contributed by atoms with van der Waals surface area (Å²) in [6.07, 6.45) is 3.61. The van der Waals surface area contributed by atoms with Crippen LogP contribution in [-0.2, 0) is 0 Å². The summed E-state index contributed by atoms with van der Waals surface area (Å²) in [5.41, 5.74) is 5.40. The molecule has 3 heteroatoms. The highest BCUT2D eigenvalue weighted by Crippen LogP contribution is 2.34. The van der Waals surface area contributed by atoms with Gasteiger partial charge in [-0.25, -0.2) is 4.98 Å². The molecule has 0 aliphatic rings. The van der Waals surface area contributed by atoms with Gasteiger partial charge in [0, 0.05) is 17.3 Å². The lowest BCUT2D eigenvalue weighted by atomic mass is 9.99. The predicted molar refractivity (Wildman–Crippen MR) is 114 cm³/mol. The van der Waals surface area contributed by atoms with Gasteiger partial charge in [-0.3, -0.25) is 9.97 Å². The zero-order chi connectivity index (χ0) is 18.8. The Kier molecular flexibility index (Phi) is 4.11. The molecule has 132 valence electrons. The lowest BCUT2D eigenvalue weighted by molar-refractivity contribution is 1.18. The van der Waals surface area contributed by atoms with Crippen molar-refractivity contribution in [3.05, 3.63) is 103 Å². The van der Waals surface area contributed by atoms with E-state index in [9.17, 15) is 0 Å². The van der Waals surface area contributed by atoms with Crippen molar-refractivity contribution in [1.29, 1.82) is 0 Å². The Labute approximate surface area is 163 Å². The van der Waals surface area contributed by atoms with Gasteiger partial charge in [0.15, 0.2) is 0 Å². The number of nitrogens with zero attached hydrogens (tertiary/aromatic N) is 3. The molecular formula is C25H17N3. The molecule has 0 saturated heterocycles. The van der Waals surface area contributed by atoms with Crippen LogP contribution in [0.25, 0.3) is 44.7 Å². The Morgan fingerprint density at radius 1 is 0.536 bits per heavy atom. The maximum absolute atomic E-state index is 5.04. The zero-order valence-corrected chi connectivity index (χ0v) is 15.2. The van der Waals surface area contributed by atoms with Gasteiger partial charge < -0.3 is 0 Å². The molecule has 0 unspecified atom stereocenters. The Bertz CT molecular complexity index is 1240. The third-order valence-electron chi connectivity index (χ3n) is 4.79. The monoisotopic (exact) mass is 359 g/mol. The van der Waals surface area contributed by atoms with Gasteiger partial charge in [0.25, 0.3) is 0 Å². The molecule has 0 N–H and O–H groups in total. The first-order chi connectivity index (χ1) is 13.9. The van der Waals surface area contributed by atoms with Gasteiger partial charge in [-0.05, 0) is 22.9 Å². The predicted octanol–water partition coefficient (Wildman–Crippen LogP) is 6.03. The third-order valence-corrected chi connectivity index (χ3v) is 4.79. The minimum Gasteiger partial charge on any atom is -0.255 e. The van der Waals surface area contributed by atoms with E-state index >= 15 is 0 Å². The molecule has 0 radical (unpaired) electrons. The second-order valence-corrected chi connectivity index (χ2v) is 6.56. The average Bonchev–Trinajstić information content (AvgIpc) is 2.79. The first-order valence-electron chi connectivity index (χ1n) is 9.22. The van der Waals surface area contributed by atoms with Crippen LogP contribution in [0.15, 0.2) is 103 Å². The first-order valence-corrected chi connectivity index (χ1v) is 9.22. The normalized spacial score (nSPS) is 10.9. The minimum absolute atomic E-state index is 0.789. The van der Waals surface area contributed by atoms with E-state index in [4.69, 9.17) is 9.97 Å². The molecule has 28 heavy (non-hydrogen) atoms. The van der Waals surface area contributed by atoms with Crippen molar-refractivity contribution in [3.63, 3.8) is 0 Å². The van der Waals surface area contributed by atoms with E-state index in [1.807, 2.05) is 42.6 Å². The van der Waals surface area contributed by atoms with Gasteiger partial charge >= 0.3 is 0 Å². The van der Waals surface area contributed by atoms with Gasteiger partial charge in [-0.2, -0.15) is 0 Å². The smallest absolute Gasteiger partial charge is 0.115 e. The summed E-state index contributed by atoms with van der Waals surface area (Å²) in [6, 6.07) is 30.6. The molecule has 5 rings (SSSR count). The summed E-state index contributed by atoms with van der Waals surface area (Å²) in [6.45, 7) is 0. The van der Waals surface area contributed by atoms with Gasteiger partial charge in [0.1, 0.15) is 5.69 Å². The van der Waals surface area contributed by atoms with E-state index in [0.717, 1.165) is 39.3 Å². The molecular weight excluding hydrogens is 342 g/mol. The van der Waals surface area contributed by atoms with Crippen LogP contribution in [0.4, 0.5) is 0 Å². The molecule has 0 spiro atoms. The van der Waals surface area contributed by atoms with Gasteiger partial charge in [0.2, 0.25) is 0 Å². The van der Waals surface area contributed by atoms with E-state index in [0.29, 0.717) is 0 Å². The summed E-state index contributed by atoms with van der Waals surface area (Å²) < 4.78 is 0.